The Kier molecular flexibility index (Phi) is 2.41. The van der Waals surface area contributed by atoms with Crippen LogP contribution in [0.4, 0.5) is 0 Å². The first-order chi connectivity index (χ1) is 8.79. The summed E-state index contributed by atoms with van der Waals surface area (Å²) >= 11 is 0. The molecule has 0 saturated carbocycles. The van der Waals surface area contributed by atoms with Crippen LogP contribution in [0.1, 0.15) is 10.4 Å². The fourth-order valence-corrected chi connectivity index (χ4v) is 1.96. The summed E-state index contributed by atoms with van der Waals surface area (Å²) in [6.45, 7) is 0. The molecule has 0 atom stereocenters. The Morgan fingerprint density at radius 1 is 1.17 bits per heavy atom. The Bertz CT molecular complexity index is 753. The van der Waals surface area contributed by atoms with E-state index in [4.69, 9.17) is 0 Å². The van der Waals surface area contributed by atoms with E-state index in [-0.39, 0.29) is 0 Å². The maximum Gasteiger partial charge on any atom is 0.339 e. The highest BCUT2D eigenvalue weighted by Crippen LogP contribution is 2.22. The zero-order chi connectivity index (χ0) is 12.5. The number of benzene rings is 1. The van der Waals surface area contributed by atoms with Crippen molar-refractivity contribution in [3.8, 4) is 0 Å². The number of carbonyl (C=O) groups is 1. The van der Waals surface area contributed by atoms with Gasteiger partial charge in [-0.2, -0.15) is 0 Å². The molecule has 1 aromatic carbocycles. The van der Waals surface area contributed by atoms with Crippen molar-refractivity contribution in [2.45, 2.75) is 0 Å². The summed E-state index contributed by atoms with van der Waals surface area (Å²) in [5.74, 6) is -0.391. The van der Waals surface area contributed by atoms with Crippen LogP contribution in [0.15, 0.2) is 42.7 Å². The first kappa shape index (κ1) is 10.7. The predicted molar refractivity (Wildman–Crippen MR) is 68.4 cm³/mol. The van der Waals surface area contributed by atoms with Crippen LogP contribution in [0.25, 0.3) is 21.8 Å². The molecule has 4 nitrogen and oxygen atoms in total. The first-order valence-corrected chi connectivity index (χ1v) is 5.51. The number of para-hydroxylation sites is 1. The molecule has 0 saturated heterocycles. The van der Waals surface area contributed by atoms with Gasteiger partial charge in [-0.15, -0.1) is 0 Å². The molecule has 0 unspecified atom stereocenters. The van der Waals surface area contributed by atoms with Crippen LogP contribution in [-0.2, 0) is 4.74 Å². The number of nitrogens with zero attached hydrogens (tertiary/aromatic N) is 2. The third-order valence-corrected chi connectivity index (χ3v) is 2.84. The molecule has 0 bridgehead atoms. The second-order valence-corrected chi connectivity index (χ2v) is 3.93. The summed E-state index contributed by atoms with van der Waals surface area (Å²) in [5.41, 5.74) is 2.17. The minimum absolute atomic E-state index is 0.391. The van der Waals surface area contributed by atoms with Crippen molar-refractivity contribution in [3.63, 3.8) is 0 Å². The molecule has 88 valence electrons. The average Bonchev–Trinajstić information content (AvgIpc) is 2.45. The summed E-state index contributed by atoms with van der Waals surface area (Å²) in [4.78, 5) is 20.1. The van der Waals surface area contributed by atoms with E-state index in [1.807, 2.05) is 24.3 Å². The monoisotopic (exact) mass is 238 g/mol. The van der Waals surface area contributed by atoms with Gasteiger partial charge in [0.25, 0.3) is 0 Å². The van der Waals surface area contributed by atoms with E-state index in [0.717, 1.165) is 21.8 Å². The van der Waals surface area contributed by atoms with Gasteiger partial charge in [-0.05, 0) is 12.1 Å². The molecule has 4 heteroatoms. The summed E-state index contributed by atoms with van der Waals surface area (Å²) in [7, 11) is 1.35. The molecule has 3 aromatic rings. The first-order valence-electron chi connectivity index (χ1n) is 5.51. The Morgan fingerprint density at radius 2 is 2.00 bits per heavy atom. The molecular weight excluding hydrogens is 228 g/mol. The Labute approximate surface area is 103 Å². The van der Waals surface area contributed by atoms with Gasteiger partial charge in [-0.3, -0.25) is 9.97 Å². The molecule has 0 radical (unpaired) electrons. The molecule has 18 heavy (non-hydrogen) atoms. The van der Waals surface area contributed by atoms with Crippen LogP contribution in [0.5, 0.6) is 0 Å². The number of rotatable bonds is 1. The largest absolute Gasteiger partial charge is 0.465 e. The average molecular weight is 238 g/mol. The minimum atomic E-state index is -0.391. The van der Waals surface area contributed by atoms with E-state index >= 15 is 0 Å². The SMILES string of the molecule is COC(=O)c1cnc2c(cnc3ccccc32)c1. The van der Waals surface area contributed by atoms with Gasteiger partial charge in [-0.25, -0.2) is 4.79 Å². The number of aromatic nitrogens is 2. The summed E-state index contributed by atoms with van der Waals surface area (Å²) in [6.07, 6.45) is 3.25. The fourth-order valence-electron chi connectivity index (χ4n) is 1.96. The number of hydrogen-bond acceptors (Lipinski definition) is 4. The standard InChI is InChI=1S/C14H10N2O2/c1-18-14(17)10-6-9-7-15-12-5-3-2-4-11(12)13(9)16-8-10/h2-8H,1H3. The van der Waals surface area contributed by atoms with Crippen molar-refractivity contribution in [2.75, 3.05) is 7.11 Å². The van der Waals surface area contributed by atoms with Crippen molar-refractivity contribution in [1.29, 1.82) is 0 Å². The van der Waals surface area contributed by atoms with Crippen LogP contribution in [-0.4, -0.2) is 23.0 Å². The van der Waals surface area contributed by atoms with Crippen molar-refractivity contribution in [1.82, 2.24) is 9.97 Å². The maximum atomic E-state index is 11.4. The highest BCUT2D eigenvalue weighted by atomic mass is 16.5. The van der Waals surface area contributed by atoms with Gasteiger partial charge < -0.3 is 4.74 Å². The van der Waals surface area contributed by atoms with Crippen LogP contribution >= 0.6 is 0 Å². The lowest BCUT2D eigenvalue weighted by Crippen LogP contribution is -2.01. The summed E-state index contributed by atoms with van der Waals surface area (Å²) < 4.78 is 4.67. The lowest BCUT2D eigenvalue weighted by Gasteiger charge is -2.04. The Morgan fingerprint density at radius 3 is 2.83 bits per heavy atom. The van der Waals surface area contributed by atoms with E-state index in [2.05, 4.69) is 14.7 Å². The smallest absolute Gasteiger partial charge is 0.339 e. The number of carbonyl (C=O) groups excluding carboxylic acids is 1. The third-order valence-electron chi connectivity index (χ3n) is 2.84. The van der Waals surface area contributed by atoms with Gasteiger partial charge in [-0.1, -0.05) is 18.2 Å². The van der Waals surface area contributed by atoms with Crippen molar-refractivity contribution < 1.29 is 9.53 Å². The Balaban J connectivity index is 2.31. The van der Waals surface area contributed by atoms with Gasteiger partial charge in [0.05, 0.1) is 23.7 Å². The van der Waals surface area contributed by atoms with Gasteiger partial charge in [0.1, 0.15) is 0 Å². The van der Waals surface area contributed by atoms with E-state index in [1.54, 1.807) is 12.3 Å². The van der Waals surface area contributed by atoms with Crippen LogP contribution < -0.4 is 0 Å². The zero-order valence-corrected chi connectivity index (χ0v) is 9.75. The summed E-state index contributed by atoms with van der Waals surface area (Å²) in [6, 6.07) is 9.52. The maximum absolute atomic E-state index is 11.4. The van der Waals surface area contributed by atoms with Crippen LogP contribution in [0.3, 0.4) is 0 Å². The molecule has 0 aliphatic heterocycles. The quantitative estimate of drug-likeness (QED) is 0.483. The topological polar surface area (TPSA) is 52.1 Å². The molecule has 0 amide bonds. The highest BCUT2D eigenvalue weighted by molar-refractivity contribution is 6.04. The number of methoxy groups -OCH3 is 1. The number of fused-ring (bicyclic) bond motifs is 3. The van der Waals surface area contributed by atoms with Crippen LogP contribution in [0, 0.1) is 0 Å². The normalized spacial score (nSPS) is 10.7. The second kappa shape index (κ2) is 4.07. The van der Waals surface area contributed by atoms with Gasteiger partial charge in [0.15, 0.2) is 0 Å². The van der Waals surface area contributed by atoms with Gasteiger partial charge in [0, 0.05) is 23.2 Å². The van der Waals surface area contributed by atoms with E-state index in [9.17, 15) is 4.79 Å². The predicted octanol–water partition coefficient (Wildman–Crippen LogP) is 2.57. The number of hydrogen-bond donors (Lipinski definition) is 0. The minimum Gasteiger partial charge on any atom is -0.465 e. The number of esters is 1. The number of ether oxygens (including phenoxy) is 1. The molecule has 0 spiro atoms. The fraction of sp³-hybridized carbons (Fsp3) is 0.0714. The lowest BCUT2D eigenvalue weighted by atomic mass is 10.1. The second-order valence-electron chi connectivity index (χ2n) is 3.93. The van der Waals surface area contributed by atoms with Crippen molar-refractivity contribution in [2.24, 2.45) is 0 Å². The molecule has 0 aliphatic rings. The highest BCUT2D eigenvalue weighted by Gasteiger charge is 2.08. The molecule has 0 aliphatic carbocycles. The van der Waals surface area contributed by atoms with E-state index < -0.39 is 5.97 Å². The molecule has 3 rings (SSSR count). The lowest BCUT2D eigenvalue weighted by molar-refractivity contribution is 0.0600. The van der Waals surface area contributed by atoms with Gasteiger partial charge in [0.2, 0.25) is 0 Å². The van der Waals surface area contributed by atoms with E-state index in [1.165, 1.54) is 13.3 Å². The molecule has 0 N–H and O–H groups in total. The van der Waals surface area contributed by atoms with Crippen molar-refractivity contribution >= 4 is 27.8 Å². The summed E-state index contributed by atoms with van der Waals surface area (Å²) in [5, 5.41) is 1.81. The van der Waals surface area contributed by atoms with Crippen molar-refractivity contribution in [3.05, 3.63) is 48.3 Å². The Hall–Kier alpha value is -2.49. The van der Waals surface area contributed by atoms with E-state index in [0.29, 0.717) is 5.56 Å². The molecule has 2 heterocycles. The zero-order valence-electron chi connectivity index (χ0n) is 9.75. The molecule has 2 aromatic heterocycles. The van der Waals surface area contributed by atoms with Crippen LogP contribution in [0.2, 0.25) is 0 Å². The molecule has 0 fully saturated rings. The molecular formula is C14H10N2O2. The third kappa shape index (κ3) is 1.59. The number of pyridine rings is 2. The van der Waals surface area contributed by atoms with Gasteiger partial charge >= 0.3 is 5.97 Å².